The third kappa shape index (κ3) is 4.06. The van der Waals surface area contributed by atoms with Crippen molar-refractivity contribution < 1.29 is 19.1 Å². The standard InChI is InChI=1S/C19H16ClNO4/c20-15-7-5-13(6-8-15)12-25-18(23)9-10-21-17(22)11-14-3-1-2-4-16(14)19(21)24/h1-8H,9-12H2. The van der Waals surface area contributed by atoms with Gasteiger partial charge >= 0.3 is 5.97 Å². The van der Waals surface area contributed by atoms with Crippen LogP contribution in [0, 0.1) is 0 Å². The summed E-state index contributed by atoms with van der Waals surface area (Å²) in [4.78, 5) is 37.5. The lowest BCUT2D eigenvalue weighted by Gasteiger charge is -2.26. The minimum absolute atomic E-state index is 0.0193. The highest BCUT2D eigenvalue weighted by molar-refractivity contribution is 6.30. The van der Waals surface area contributed by atoms with Crippen molar-refractivity contribution in [3.8, 4) is 0 Å². The molecule has 0 aromatic heterocycles. The Labute approximate surface area is 150 Å². The maximum absolute atomic E-state index is 12.4. The molecule has 6 heteroatoms. The summed E-state index contributed by atoms with van der Waals surface area (Å²) < 4.78 is 5.17. The average molecular weight is 358 g/mol. The minimum Gasteiger partial charge on any atom is -0.461 e. The number of hydrogen-bond acceptors (Lipinski definition) is 4. The first-order chi connectivity index (χ1) is 12.0. The zero-order chi connectivity index (χ0) is 17.8. The first kappa shape index (κ1) is 17.2. The maximum atomic E-state index is 12.4. The number of benzene rings is 2. The van der Waals surface area contributed by atoms with Gasteiger partial charge in [-0.1, -0.05) is 41.9 Å². The predicted molar refractivity (Wildman–Crippen MR) is 92.1 cm³/mol. The van der Waals surface area contributed by atoms with E-state index in [0.29, 0.717) is 10.6 Å². The number of carbonyl (C=O) groups is 3. The molecule has 1 aliphatic heterocycles. The molecule has 0 atom stereocenters. The van der Waals surface area contributed by atoms with Gasteiger partial charge in [0.25, 0.3) is 5.91 Å². The lowest BCUT2D eigenvalue weighted by atomic mass is 9.98. The van der Waals surface area contributed by atoms with Crippen molar-refractivity contribution in [3.05, 3.63) is 70.2 Å². The zero-order valence-electron chi connectivity index (χ0n) is 13.4. The lowest BCUT2D eigenvalue weighted by Crippen LogP contribution is -2.43. The van der Waals surface area contributed by atoms with E-state index in [1.165, 1.54) is 0 Å². The predicted octanol–water partition coefficient (Wildman–Crippen LogP) is 3.00. The van der Waals surface area contributed by atoms with Crippen molar-refractivity contribution in [2.24, 2.45) is 0 Å². The number of ether oxygens (including phenoxy) is 1. The maximum Gasteiger partial charge on any atom is 0.307 e. The smallest absolute Gasteiger partial charge is 0.307 e. The van der Waals surface area contributed by atoms with Gasteiger partial charge in [0.05, 0.1) is 12.8 Å². The fourth-order valence-corrected chi connectivity index (χ4v) is 2.77. The number of esters is 1. The topological polar surface area (TPSA) is 63.7 Å². The fourth-order valence-electron chi connectivity index (χ4n) is 2.65. The van der Waals surface area contributed by atoms with E-state index in [2.05, 4.69) is 0 Å². The van der Waals surface area contributed by atoms with Crippen molar-refractivity contribution in [2.45, 2.75) is 19.4 Å². The molecule has 0 saturated carbocycles. The summed E-state index contributed by atoms with van der Waals surface area (Å²) in [6, 6.07) is 14.0. The quantitative estimate of drug-likeness (QED) is 0.609. The Morgan fingerprint density at radius 3 is 2.56 bits per heavy atom. The fraction of sp³-hybridized carbons (Fsp3) is 0.211. The molecule has 1 aliphatic rings. The van der Waals surface area contributed by atoms with Crippen LogP contribution in [0.1, 0.15) is 27.9 Å². The van der Waals surface area contributed by atoms with Gasteiger partial charge in [-0.25, -0.2) is 0 Å². The Morgan fingerprint density at radius 1 is 1.08 bits per heavy atom. The first-order valence-corrected chi connectivity index (χ1v) is 8.25. The molecular weight excluding hydrogens is 342 g/mol. The third-order valence-electron chi connectivity index (χ3n) is 3.99. The van der Waals surface area contributed by atoms with E-state index in [-0.39, 0.29) is 37.8 Å². The summed E-state index contributed by atoms with van der Waals surface area (Å²) in [5.41, 5.74) is 2.05. The van der Waals surface area contributed by atoms with Gasteiger partial charge in [-0.2, -0.15) is 0 Å². The van der Waals surface area contributed by atoms with Gasteiger partial charge in [-0.3, -0.25) is 19.3 Å². The number of imide groups is 1. The Morgan fingerprint density at radius 2 is 1.80 bits per heavy atom. The van der Waals surface area contributed by atoms with Crippen LogP contribution in [0.25, 0.3) is 0 Å². The van der Waals surface area contributed by atoms with Crippen molar-refractivity contribution in [1.29, 1.82) is 0 Å². The number of rotatable bonds is 5. The monoisotopic (exact) mass is 357 g/mol. The van der Waals surface area contributed by atoms with Crippen molar-refractivity contribution in [2.75, 3.05) is 6.54 Å². The van der Waals surface area contributed by atoms with Crippen LogP contribution in [0.3, 0.4) is 0 Å². The number of fused-ring (bicyclic) bond motifs is 1. The summed E-state index contributed by atoms with van der Waals surface area (Å²) in [7, 11) is 0. The number of nitrogens with zero attached hydrogens (tertiary/aromatic N) is 1. The molecular formula is C19H16ClNO4. The van der Waals surface area contributed by atoms with E-state index in [1.54, 1.807) is 48.5 Å². The molecule has 128 valence electrons. The second-order valence-electron chi connectivity index (χ2n) is 5.72. The van der Waals surface area contributed by atoms with Gasteiger partial charge in [0, 0.05) is 17.1 Å². The second kappa shape index (κ2) is 7.49. The number of carbonyl (C=O) groups excluding carboxylic acids is 3. The molecule has 5 nitrogen and oxygen atoms in total. The van der Waals surface area contributed by atoms with Crippen LogP contribution in [-0.4, -0.2) is 29.2 Å². The van der Waals surface area contributed by atoms with Crippen LogP contribution in [0.5, 0.6) is 0 Å². The normalized spacial score (nSPS) is 13.6. The minimum atomic E-state index is -0.464. The van der Waals surface area contributed by atoms with Crippen LogP contribution < -0.4 is 0 Å². The lowest BCUT2D eigenvalue weighted by molar-refractivity contribution is -0.145. The highest BCUT2D eigenvalue weighted by Crippen LogP contribution is 2.20. The molecule has 25 heavy (non-hydrogen) atoms. The molecule has 0 aliphatic carbocycles. The highest BCUT2D eigenvalue weighted by atomic mass is 35.5. The van der Waals surface area contributed by atoms with Crippen LogP contribution >= 0.6 is 11.6 Å². The summed E-state index contributed by atoms with van der Waals surface area (Å²) in [5, 5.41) is 0.609. The average Bonchev–Trinajstić information content (AvgIpc) is 2.61. The molecule has 0 spiro atoms. The van der Waals surface area contributed by atoms with Crippen molar-refractivity contribution >= 4 is 29.4 Å². The van der Waals surface area contributed by atoms with E-state index in [9.17, 15) is 14.4 Å². The number of amides is 2. The molecule has 0 saturated heterocycles. The van der Waals surface area contributed by atoms with Gasteiger partial charge in [0.2, 0.25) is 5.91 Å². The number of halogens is 1. The van der Waals surface area contributed by atoms with E-state index in [4.69, 9.17) is 16.3 Å². The van der Waals surface area contributed by atoms with Crippen molar-refractivity contribution in [1.82, 2.24) is 4.90 Å². The molecule has 2 aromatic rings. The van der Waals surface area contributed by atoms with E-state index in [1.807, 2.05) is 0 Å². The van der Waals surface area contributed by atoms with Gasteiger partial charge in [0.15, 0.2) is 0 Å². The Hall–Kier alpha value is -2.66. The second-order valence-corrected chi connectivity index (χ2v) is 6.16. The zero-order valence-corrected chi connectivity index (χ0v) is 14.2. The van der Waals surface area contributed by atoms with Gasteiger partial charge in [-0.05, 0) is 29.3 Å². The van der Waals surface area contributed by atoms with E-state index >= 15 is 0 Å². The van der Waals surface area contributed by atoms with E-state index < -0.39 is 5.97 Å². The van der Waals surface area contributed by atoms with Crippen molar-refractivity contribution in [3.63, 3.8) is 0 Å². The van der Waals surface area contributed by atoms with Crippen LogP contribution in [0.4, 0.5) is 0 Å². The molecule has 0 unspecified atom stereocenters. The van der Waals surface area contributed by atoms with Crippen LogP contribution in [0.15, 0.2) is 48.5 Å². The summed E-state index contributed by atoms with van der Waals surface area (Å²) in [6.07, 6.45) is 0.134. The van der Waals surface area contributed by atoms with Gasteiger partial charge in [0.1, 0.15) is 6.61 Å². The molecule has 0 radical (unpaired) electrons. The Kier molecular flexibility index (Phi) is 5.14. The molecule has 1 heterocycles. The summed E-state index contributed by atoms with van der Waals surface area (Å²) in [5.74, 6) is -1.12. The molecule has 0 bridgehead atoms. The molecule has 3 rings (SSSR count). The van der Waals surface area contributed by atoms with E-state index in [0.717, 1.165) is 16.0 Å². The molecule has 2 amide bonds. The van der Waals surface area contributed by atoms with Gasteiger partial charge < -0.3 is 4.74 Å². The summed E-state index contributed by atoms with van der Waals surface area (Å²) in [6.45, 7) is 0.145. The molecule has 0 fully saturated rings. The van der Waals surface area contributed by atoms with Gasteiger partial charge in [-0.15, -0.1) is 0 Å². The number of hydrogen-bond donors (Lipinski definition) is 0. The van der Waals surface area contributed by atoms with Crippen LogP contribution in [0.2, 0.25) is 5.02 Å². The summed E-state index contributed by atoms with van der Waals surface area (Å²) >= 11 is 5.80. The largest absolute Gasteiger partial charge is 0.461 e. The molecule has 0 N–H and O–H groups in total. The first-order valence-electron chi connectivity index (χ1n) is 7.87. The Bertz CT molecular complexity index is 816. The third-order valence-corrected chi connectivity index (χ3v) is 4.24. The molecule has 2 aromatic carbocycles. The van der Waals surface area contributed by atoms with Crippen LogP contribution in [-0.2, 0) is 27.4 Å². The Balaban J connectivity index is 1.54. The SMILES string of the molecule is O=C(CCN1C(=O)Cc2ccccc2C1=O)OCc1ccc(Cl)cc1. The highest BCUT2D eigenvalue weighted by Gasteiger charge is 2.30.